The maximum atomic E-state index is 10.5. The number of non-ortho nitro benzene ring substituents is 1. The van der Waals surface area contributed by atoms with Gasteiger partial charge in [0.25, 0.3) is 5.69 Å². The Balaban J connectivity index is 2.56. The van der Waals surface area contributed by atoms with Crippen molar-refractivity contribution in [3.63, 3.8) is 0 Å². The van der Waals surface area contributed by atoms with Crippen LogP contribution in [-0.4, -0.2) is 22.0 Å². The molecular formula is C9H11N3O4. The second-order valence-electron chi connectivity index (χ2n) is 3.13. The summed E-state index contributed by atoms with van der Waals surface area (Å²) in [6.45, 7) is 1.47. The minimum Gasteiger partial charge on any atom is -0.480 e. The Morgan fingerprint density at radius 3 is 2.44 bits per heavy atom. The molecule has 0 saturated carbocycles. The number of nitrogens with one attached hydrogen (secondary N) is 2. The highest BCUT2D eigenvalue weighted by Crippen LogP contribution is 2.14. The van der Waals surface area contributed by atoms with E-state index in [0.717, 1.165) is 0 Å². The van der Waals surface area contributed by atoms with Crippen molar-refractivity contribution in [2.75, 3.05) is 5.43 Å². The third kappa shape index (κ3) is 3.21. The van der Waals surface area contributed by atoms with Gasteiger partial charge in [-0.25, -0.2) is 5.43 Å². The van der Waals surface area contributed by atoms with Crippen LogP contribution < -0.4 is 10.9 Å². The van der Waals surface area contributed by atoms with Gasteiger partial charge in [0.1, 0.15) is 6.04 Å². The van der Waals surface area contributed by atoms with Crippen molar-refractivity contribution >= 4 is 17.3 Å². The number of nitro groups is 1. The molecule has 0 amide bonds. The summed E-state index contributed by atoms with van der Waals surface area (Å²) >= 11 is 0. The first-order valence-electron chi connectivity index (χ1n) is 4.49. The summed E-state index contributed by atoms with van der Waals surface area (Å²) in [5.74, 6) is -0.991. The van der Waals surface area contributed by atoms with E-state index in [1.165, 1.54) is 31.2 Å². The van der Waals surface area contributed by atoms with Crippen LogP contribution in [0.2, 0.25) is 0 Å². The van der Waals surface area contributed by atoms with Crippen LogP contribution in [0.1, 0.15) is 6.92 Å². The highest BCUT2D eigenvalue weighted by Gasteiger charge is 2.09. The van der Waals surface area contributed by atoms with Crippen LogP contribution in [-0.2, 0) is 4.79 Å². The summed E-state index contributed by atoms with van der Waals surface area (Å²) in [4.78, 5) is 20.3. The zero-order valence-electron chi connectivity index (χ0n) is 8.51. The summed E-state index contributed by atoms with van der Waals surface area (Å²) in [6, 6.07) is 4.87. The number of benzene rings is 1. The Kier molecular flexibility index (Phi) is 3.78. The molecule has 7 heteroatoms. The maximum absolute atomic E-state index is 10.5. The molecule has 3 N–H and O–H groups in total. The van der Waals surface area contributed by atoms with Gasteiger partial charge in [-0.2, -0.15) is 0 Å². The zero-order valence-corrected chi connectivity index (χ0v) is 8.51. The molecule has 86 valence electrons. The Morgan fingerprint density at radius 2 is 2.00 bits per heavy atom. The number of nitrogens with zero attached hydrogens (tertiary/aromatic N) is 1. The fourth-order valence-electron chi connectivity index (χ4n) is 0.920. The summed E-state index contributed by atoms with van der Waals surface area (Å²) in [5, 5.41) is 18.9. The van der Waals surface area contributed by atoms with Crippen LogP contribution in [0.3, 0.4) is 0 Å². The summed E-state index contributed by atoms with van der Waals surface area (Å²) in [6.07, 6.45) is 0. The fourth-order valence-corrected chi connectivity index (χ4v) is 0.920. The lowest BCUT2D eigenvalue weighted by Crippen LogP contribution is -2.37. The highest BCUT2D eigenvalue weighted by atomic mass is 16.6. The van der Waals surface area contributed by atoms with Gasteiger partial charge >= 0.3 is 5.97 Å². The molecule has 1 rings (SSSR count). The summed E-state index contributed by atoms with van der Waals surface area (Å²) in [7, 11) is 0. The van der Waals surface area contributed by atoms with Gasteiger partial charge in [-0.3, -0.25) is 14.9 Å². The molecule has 0 radical (unpaired) electrons. The standard InChI is InChI=1S/C9H11N3O4/c1-6(9(13)14)10-11-7-2-4-8(5-3-7)12(15)16/h2-6,10-11H,1H3,(H,13,14)/t6-/m0/s1. The Bertz CT molecular complexity index is 390. The number of hydrogen-bond acceptors (Lipinski definition) is 5. The van der Waals surface area contributed by atoms with Gasteiger partial charge in [0.05, 0.1) is 4.92 Å². The van der Waals surface area contributed by atoms with E-state index < -0.39 is 16.9 Å². The molecule has 0 aromatic heterocycles. The molecule has 0 aliphatic rings. The lowest BCUT2D eigenvalue weighted by atomic mass is 10.3. The van der Waals surface area contributed by atoms with E-state index in [1.807, 2.05) is 0 Å². The first kappa shape index (κ1) is 11.9. The van der Waals surface area contributed by atoms with Crippen LogP contribution in [0.25, 0.3) is 0 Å². The normalized spacial score (nSPS) is 11.8. The molecular weight excluding hydrogens is 214 g/mol. The number of carboxylic acid groups (broad SMARTS) is 1. The van der Waals surface area contributed by atoms with Crippen LogP contribution in [0.5, 0.6) is 0 Å². The lowest BCUT2D eigenvalue weighted by Gasteiger charge is -2.11. The molecule has 1 aromatic rings. The van der Waals surface area contributed by atoms with Crippen molar-refractivity contribution in [3.8, 4) is 0 Å². The van der Waals surface area contributed by atoms with Crippen molar-refractivity contribution in [3.05, 3.63) is 34.4 Å². The van der Waals surface area contributed by atoms with Gasteiger partial charge in [0.15, 0.2) is 0 Å². The van der Waals surface area contributed by atoms with Gasteiger partial charge in [0.2, 0.25) is 0 Å². The molecule has 0 bridgehead atoms. The number of hydrazine groups is 1. The molecule has 0 aliphatic heterocycles. The number of anilines is 1. The molecule has 16 heavy (non-hydrogen) atoms. The van der Waals surface area contributed by atoms with E-state index in [-0.39, 0.29) is 5.69 Å². The van der Waals surface area contributed by atoms with E-state index in [9.17, 15) is 14.9 Å². The number of aliphatic carboxylic acids is 1. The Labute approximate surface area is 91.2 Å². The van der Waals surface area contributed by atoms with Crippen molar-refractivity contribution in [1.82, 2.24) is 5.43 Å². The molecule has 0 aliphatic carbocycles. The van der Waals surface area contributed by atoms with Crippen molar-refractivity contribution in [1.29, 1.82) is 0 Å². The molecule has 0 saturated heterocycles. The molecule has 1 aromatic carbocycles. The largest absolute Gasteiger partial charge is 0.480 e. The van der Waals surface area contributed by atoms with E-state index in [4.69, 9.17) is 5.11 Å². The fraction of sp³-hybridized carbons (Fsp3) is 0.222. The smallest absolute Gasteiger partial charge is 0.322 e. The van der Waals surface area contributed by atoms with Crippen molar-refractivity contribution < 1.29 is 14.8 Å². The van der Waals surface area contributed by atoms with Gasteiger partial charge in [-0.05, 0) is 19.1 Å². The summed E-state index contributed by atoms with van der Waals surface area (Å²) < 4.78 is 0. The van der Waals surface area contributed by atoms with E-state index in [1.54, 1.807) is 0 Å². The van der Waals surface area contributed by atoms with Crippen molar-refractivity contribution in [2.24, 2.45) is 0 Å². The first-order valence-corrected chi connectivity index (χ1v) is 4.49. The minimum atomic E-state index is -0.991. The number of carbonyl (C=O) groups is 1. The topological polar surface area (TPSA) is 105 Å². The summed E-state index contributed by atoms with van der Waals surface area (Å²) in [5.41, 5.74) is 5.70. The number of nitro benzene ring substituents is 1. The highest BCUT2D eigenvalue weighted by molar-refractivity contribution is 5.73. The average Bonchev–Trinajstić information content (AvgIpc) is 2.26. The number of rotatable bonds is 5. The molecule has 1 atom stereocenters. The molecule has 0 unspecified atom stereocenters. The lowest BCUT2D eigenvalue weighted by molar-refractivity contribution is -0.384. The third-order valence-electron chi connectivity index (χ3n) is 1.88. The van der Waals surface area contributed by atoms with Crippen LogP contribution >= 0.6 is 0 Å². The van der Waals surface area contributed by atoms with Crippen LogP contribution in [0, 0.1) is 10.1 Å². The van der Waals surface area contributed by atoms with Gasteiger partial charge in [-0.1, -0.05) is 0 Å². The number of carboxylic acids is 1. The quantitative estimate of drug-likeness (QED) is 0.509. The minimum absolute atomic E-state index is 0.0168. The van der Waals surface area contributed by atoms with E-state index in [2.05, 4.69) is 10.9 Å². The SMILES string of the molecule is C[C@H](NNc1ccc([N+](=O)[O-])cc1)C(=O)O. The predicted octanol–water partition coefficient (Wildman–Crippen LogP) is 0.984. The second kappa shape index (κ2) is 5.08. The molecule has 0 spiro atoms. The average molecular weight is 225 g/mol. The van der Waals surface area contributed by atoms with E-state index in [0.29, 0.717) is 5.69 Å². The second-order valence-corrected chi connectivity index (χ2v) is 3.13. The Morgan fingerprint density at radius 1 is 1.44 bits per heavy atom. The van der Waals surface area contributed by atoms with Crippen molar-refractivity contribution in [2.45, 2.75) is 13.0 Å². The zero-order chi connectivity index (χ0) is 12.1. The predicted molar refractivity (Wildman–Crippen MR) is 57.0 cm³/mol. The third-order valence-corrected chi connectivity index (χ3v) is 1.88. The molecule has 0 fully saturated rings. The first-order chi connectivity index (χ1) is 7.50. The van der Waals surface area contributed by atoms with Crippen LogP contribution in [0.15, 0.2) is 24.3 Å². The van der Waals surface area contributed by atoms with E-state index >= 15 is 0 Å². The van der Waals surface area contributed by atoms with Gasteiger partial charge < -0.3 is 10.5 Å². The van der Waals surface area contributed by atoms with Gasteiger partial charge in [-0.15, -0.1) is 0 Å². The molecule has 0 heterocycles. The van der Waals surface area contributed by atoms with Gasteiger partial charge in [0, 0.05) is 17.8 Å². The monoisotopic (exact) mass is 225 g/mol. The van der Waals surface area contributed by atoms with Crippen LogP contribution in [0.4, 0.5) is 11.4 Å². The number of hydrogen-bond donors (Lipinski definition) is 3. The maximum Gasteiger partial charge on any atom is 0.322 e. The Hall–Kier alpha value is -2.15. The molecule has 7 nitrogen and oxygen atoms in total.